The predicted octanol–water partition coefficient (Wildman–Crippen LogP) is 1.39. The molecule has 0 saturated carbocycles. The summed E-state index contributed by atoms with van der Waals surface area (Å²) >= 11 is 4.08. The number of halogens is 1. The number of thiazole rings is 1. The van der Waals surface area contributed by atoms with E-state index < -0.39 is 0 Å². The van der Waals surface area contributed by atoms with Gasteiger partial charge < -0.3 is 5.32 Å². The fraction of sp³-hybridized carbons (Fsp3) is 0.500. The quantitative estimate of drug-likeness (QED) is 0.718. The Bertz CT molecular complexity index is 222. The summed E-state index contributed by atoms with van der Waals surface area (Å²) in [7, 11) is 0. The molecule has 0 spiro atoms. The van der Waals surface area contributed by atoms with Gasteiger partial charge in [-0.1, -0.05) is 0 Å². The van der Waals surface area contributed by atoms with Gasteiger partial charge in [-0.3, -0.25) is 0 Å². The summed E-state index contributed by atoms with van der Waals surface area (Å²) in [5.41, 5.74) is 1.31. The molecule has 1 aromatic rings. The fourth-order valence-electron chi connectivity index (χ4n) is 1.09. The molecule has 0 atom stereocenters. The first-order valence-corrected chi connectivity index (χ1v) is 5.10. The number of fused-ring (bicyclic) bond motifs is 1. The first kappa shape index (κ1) is 7.00. The number of nitrogens with zero attached hydrogens (tertiary/aromatic N) is 1. The minimum absolute atomic E-state index is 1.02. The molecular weight excluding hydrogens is 259 g/mol. The molecule has 10 heavy (non-hydrogen) atoms. The van der Waals surface area contributed by atoms with E-state index in [2.05, 4.69) is 32.9 Å². The molecular formula is C6H7IN2S. The van der Waals surface area contributed by atoms with E-state index in [0.29, 0.717) is 0 Å². The standard InChI is InChI=1S/C6H7IN2S/c7-6-9-4-1-2-8-3-5(4)10-6/h8H,1-3H2. The van der Waals surface area contributed by atoms with Gasteiger partial charge in [-0.05, 0) is 22.6 Å². The molecule has 4 heteroatoms. The van der Waals surface area contributed by atoms with Crippen LogP contribution >= 0.6 is 33.9 Å². The number of rotatable bonds is 0. The Morgan fingerprint density at radius 1 is 1.60 bits per heavy atom. The number of nitrogens with one attached hydrogen (secondary N) is 1. The molecule has 0 radical (unpaired) electrons. The van der Waals surface area contributed by atoms with Crippen LogP contribution in [0.5, 0.6) is 0 Å². The zero-order valence-corrected chi connectivity index (χ0v) is 8.33. The second-order valence-corrected chi connectivity index (χ2v) is 5.10. The van der Waals surface area contributed by atoms with Gasteiger partial charge in [0.15, 0.2) is 3.01 Å². The number of hydrogen-bond acceptors (Lipinski definition) is 3. The van der Waals surface area contributed by atoms with Gasteiger partial charge in [0, 0.05) is 24.4 Å². The topological polar surface area (TPSA) is 24.9 Å². The van der Waals surface area contributed by atoms with Crippen LogP contribution in [0.4, 0.5) is 0 Å². The van der Waals surface area contributed by atoms with Gasteiger partial charge in [0.05, 0.1) is 5.69 Å². The van der Waals surface area contributed by atoms with Crippen molar-refractivity contribution >= 4 is 33.9 Å². The third kappa shape index (κ3) is 1.19. The van der Waals surface area contributed by atoms with Crippen LogP contribution in [0.2, 0.25) is 0 Å². The third-order valence-corrected chi connectivity index (χ3v) is 3.36. The van der Waals surface area contributed by atoms with Gasteiger partial charge in [-0.2, -0.15) is 0 Å². The molecule has 0 saturated heterocycles. The van der Waals surface area contributed by atoms with Crippen LogP contribution in [0.3, 0.4) is 0 Å². The minimum atomic E-state index is 1.02. The van der Waals surface area contributed by atoms with E-state index in [1.165, 1.54) is 13.6 Å². The first-order chi connectivity index (χ1) is 4.86. The maximum atomic E-state index is 4.42. The van der Waals surface area contributed by atoms with E-state index >= 15 is 0 Å². The highest BCUT2D eigenvalue weighted by atomic mass is 127. The SMILES string of the molecule is Ic1nc2c(s1)CNCC2. The molecule has 2 heterocycles. The van der Waals surface area contributed by atoms with E-state index in [9.17, 15) is 0 Å². The largest absolute Gasteiger partial charge is 0.311 e. The number of hydrogen-bond donors (Lipinski definition) is 1. The summed E-state index contributed by atoms with van der Waals surface area (Å²) in [6.07, 6.45) is 1.11. The molecule has 1 aromatic heterocycles. The molecule has 0 aliphatic carbocycles. The van der Waals surface area contributed by atoms with Crippen LogP contribution in [0.1, 0.15) is 10.6 Å². The van der Waals surface area contributed by atoms with Crippen LogP contribution in [-0.4, -0.2) is 11.5 Å². The smallest absolute Gasteiger partial charge is 0.154 e. The van der Waals surface area contributed by atoms with Crippen LogP contribution in [-0.2, 0) is 13.0 Å². The van der Waals surface area contributed by atoms with E-state index in [4.69, 9.17) is 0 Å². The average Bonchev–Trinajstić information content (AvgIpc) is 2.27. The fourth-order valence-corrected chi connectivity index (χ4v) is 2.98. The lowest BCUT2D eigenvalue weighted by Gasteiger charge is -2.09. The molecule has 1 N–H and O–H groups in total. The molecule has 2 rings (SSSR count). The van der Waals surface area contributed by atoms with Crippen molar-refractivity contribution in [2.45, 2.75) is 13.0 Å². The van der Waals surface area contributed by atoms with Crippen LogP contribution in [0, 0.1) is 3.01 Å². The highest BCUT2D eigenvalue weighted by Crippen LogP contribution is 2.22. The summed E-state index contributed by atoms with van der Waals surface area (Å²) < 4.78 is 1.17. The van der Waals surface area contributed by atoms with Crippen molar-refractivity contribution < 1.29 is 0 Å². The normalized spacial score (nSPS) is 16.9. The average molecular weight is 266 g/mol. The van der Waals surface area contributed by atoms with Gasteiger partial charge in [0.2, 0.25) is 0 Å². The number of aromatic nitrogens is 1. The Balaban J connectivity index is 2.41. The molecule has 1 aliphatic heterocycles. The Labute approximate surface area is 77.2 Å². The van der Waals surface area contributed by atoms with Gasteiger partial charge in [-0.25, -0.2) is 4.98 Å². The molecule has 2 nitrogen and oxygen atoms in total. The van der Waals surface area contributed by atoms with E-state index in [0.717, 1.165) is 19.5 Å². The maximum absolute atomic E-state index is 4.42. The van der Waals surface area contributed by atoms with E-state index in [1.807, 2.05) is 0 Å². The minimum Gasteiger partial charge on any atom is -0.311 e. The second kappa shape index (κ2) is 2.75. The van der Waals surface area contributed by atoms with Crippen molar-refractivity contribution in [1.82, 2.24) is 10.3 Å². The lowest BCUT2D eigenvalue weighted by Crippen LogP contribution is -2.22. The zero-order valence-electron chi connectivity index (χ0n) is 5.35. The maximum Gasteiger partial charge on any atom is 0.154 e. The van der Waals surface area contributed by atoms with Crippen molar-refractivity contribution in [3.63, 3.8) is 0 Å². The van der Waals surface area contributed by atoms with Crippen molar-refractivity contribution in [1.29, 1.82) is 0 Å². The molecule has 0 fully saturated rings. The van der Waals surface area contributed by atoms with Crippen LogP contribution in [0.25, 0.3) is 0 Å². The Morgan fingerprint density at radius 2 is 2.50 bits per heavy atom. The molecule has 0 bridgehead atoms. The first-order valence-electron chi connectivity index (χ1n) is 3.21. The second-order valence-electron chi connectivity index (χ2n) is 2.26. The predicted molar refractivity (Wildman–Crippen MR) is 50.2 cm³/mol. The Hall–Kier alpha value is 0.320. The Kier molecular flexibility index (Phi) is 1.92. The van der Waals surface area contributed by atoms with Gasteiger partial charge in [-0.15, -0.1) is 11.3 Å². The zero-order chi connectivity index (χ0) is 6.97. The molecule has 0 amide bonds. The van der Waals surface area contributed by atoms with Crippen LogP contribution < -0.4 is 5.32 Å². The molecule has 54 valence electrons. The van der Waals surface area contributed by atoms with Crippen molar-refractivity contribution in [2.75, 3.05) is 6.54 Å². The molecule has 0 unspecified atom stereocenters. The van der Waals surface area contributed by atoms with E-state index in [-0.39, 0.29) is 0 Å². The summed E-state index contributed by atoms with van der Waals surface area (Å²) in [5, 5.41) is 3.32. The van der Waals surface area contributed by atoms with Gasteiger partial charge >= 0.3 is 0 Å². The summed E-state index contributed by atoms with van der Waals surface area (Å²) in [5.74, 6) is 0. The van der Waals surface area contributed by atoms with E-state index in [1.54, 1.807) is 11.3 Å². The van der Waals surface area contributed by atoms with Gasteiger partial charge in [0.1, 0.15) is 0 Å². The highest BCUT2D eigenvalue weighted by molar-refractivity contribution is 14.1. The monoisotopic (exact) mass is 266 g/mol. The highest BCUT2D eigenvalue weighted by Gasteiger charge is 2.12. The van der Waals surface area contributed by atoms with Crippen LogP contribution in [0.15, 0.2) is 0 Å². The Morgan fingerprint density at radius 3 is 3.30 bits per heavy atom. The molecule has 1 aliphatic rings. The summed E-state index contributed by atoms with van der Waals surface area (Å²) in [4.78, 5) is 5.84. The van der Waals surface area contributed by atoms with Crippen molar-refractivity contribution in [3.8, 4) is 0 Å². The van der Waals surface area contributed by atoms with Gasteiger partial charge in [0.25, 0.3) is 0 Å². The molecule has 0 aromatic carbocycles. The summed E-state index contributed by atoms with van der Waals surface area (Å²) in [6, 6.07) is 0. The van der Waals surface area contributed by atoms with Crippen molar-refractivity contribution in [2.24, 2.45) is 0 Å². The third-order valence-electron chi connectivity index (χ3n) is 1.58. The lowest BCUT2D eigenvalue weighted by atomic mass is 10.2. The van der Waals surface area contributed by atoms with Crippen molar-refractivity contribution in [3.05, 3.63) is 13.6 Å². The lowest BCUT2D eigenvalue weighted by molar-refractivity contribution is 0.643. The summed E-state index contributed by atoms with van der Waals surface area (Å²) in [6.45, 7) is 2.11.